The predicted octanol–water partition coefficient (Wildman–Crippen LogP) is 8.85. The molecule has 0 bridgehead atoms. The van der Waals surface area contributed by atoms with Crippen LogP contribution in [0.1, 0.15) is 143 Å². The first-order chi connectivity index (χ1) is 16.7. The minimum absolute atomic E-state index is 0.354. The molecule has 34 heavy (non-hydrogen) atoms. The molecule has 0 aromatic heterocycles. The van der Waals surface area contributed by atoms with E-state index >= 15 is 0 Å². The van der Waals surface area contributed by atoms with E-state index in [-0.39, 0.29) is 0 Å². The molecule has 0 N–H and O–H groups in total. The van der Waals surface area contributed by atoms with Gasteiger partial charge >= 0.3 is 0 Å². The summed E-state index contributed by atoms with van der Waals surface area (Å²) in [7, 11) is 0. The van der Waals surface area contributed by atoms with Crippen LogP contribution >= 0.6 is 0 Å². The van der Waals surface area contributed by atoms with Crippen LogP contribution < -0.4 is 0 Å². The molecule has 0 radical (unpaired) electrons. The molecule has 4 nitrogen and oxygen atoms in total. The summed E-state index contributed by atoms with van der Waals surface area (Å²) >= 11 is 0. The van der Waals surface area contributed by atoms with E-state index in [1.54, 1.807) is 0 Å². The fourth-order valence-electron chi connectivity index (χ4n) is 5.19. The van der Waals surface area contributed by atoms with Gasteiger partial charge in [0.15, 0.2) is 5.79 Å². The van der Waals surface area contributed by atoms with E-state index < -0.39 is 5.79 Å². The normalized spacial score (nSPS) is 16.8. The lowest BCUT2D eigenvalue weighted by Crippen LogP contribution is -2.44. The Labute approximate surface area is 213 Å². The molecule has 0 spiro atoms. The summed E-state index contributed by atoms with van der Waals surface area (Å²) in [6.45, 7) is 12.7. The number of unbranched alkanes of at least 4 members (excludes halogenated alkanes) is 12. The molecule has 1 aliphatic heterocycles. The van der Waals surface area contributed by atoms with Crippen molar-refractivity contribution in [3.63, 3.8) is 0 Å². The number of hydrogen-bond acceptors (Lipinski definition) is 4. The van der Waals surface area contributed by atoms with E-state index in [0.29, 0.717) is 12.0 Å². The Bertz CT molecular complexity index is 418. The van der Waals surface area contributed by atoms with Crippen LogP contribution in [0.4, 0.5) is 0 Å². The van der Waals surface area contributed by atoms with Gasteiger partial charge in [-0.1, -0.05) is 97.3 Å². The number of rotatable bonds is 27. The van der Waals surface area contributed by atoms with Gasteiger partial charge in [0.25, 0.3) is 0 Å². The Hall–Kier alpha value is -0.160. The van der Waals surface area contributed by atoms with Crippen molar-refractivity contribution >= 4 is 0 Å². The highest BCUT2D eigenvalue weighted by atomic mass is 16.7. The van der Waals surface area contributed by atoms with Crippen LogP contribution in [0.25, 0.3) is 0 Å². The summed E-state index contributed by atoms with van der Waals surface area (Å²) < 4.78 is 24.2. The maximum atomic E-state index is 6.51. The molecule has 0 amide bonds. The van der Waals surface area contributed by atoms with Crippen molar-refractivity contribution in [1.82, 2.24) is 0 Å². The van der Waals surface area contributed by atoms with Crippen LogP contribution in [0, 0.1) is 5.92 Å². The molecule has 0 aromatic rings. The molecule has 0 aliphatic carbocycles. The van der Waals surface area contributed by atoms with E-state index in [1.165, 1.54) is 96.3 Å². The van der Waals surface area contributed by atoms with Gasteiger partial charge in [-0.3, -0.25) is 0 Å². The molecule has 1 fully saturated rings. The Morgan fingerprint density at radius 2 is 1.18 bits per heavy atom. The zero-order valence-electron chi connectivity index (χ0n) is 23.6. The van der Waals surface area contributed by atoms with Gasteiger partial charge in [0.05, 0.1) is 13.2 Å². The molecule has 0 aromatic carbocycles. The maximum Gasteiger partial charge on any atom is 0.171 e. The minimum Gasteiger partial charge on any atom is -0.379 e. The average Bonchev–Trinajstić information content (AvgIpc) is 3.66. The third-order valence-corrected chi connectivity index (χ3v) is 7.23. The Kier molecular flexibility index (Phi) is 20.7. The maximum absolute atomic E-state index is 6.51. The van der Waals surface area contributed by atoms with Crippen LogP contribution in [0.3, 0.4) is 0 Å². The zero-order valence-corrected chi connectivity index (χ0v) is 23.6. The molecule has 2 unspecified atom stereocenters. The lowest BCUT2D eigenvalue weighted by atomic mass is 9.84. The van der Waals surface area contributed by atoms with Crippen molar-refractivity contribution in [2.24, 2.45) is 5.92 Å². The summed E-state index contributed by atoms with van der Waals surface area (Å²) in [6, 6.07) is 0. The summed E-state index contributed by atoms with van der Waals surface area (Å²) in [5.74, 6) is 0.0262. The standard InChI is InChI=1S/C30H60O4/c1-5-9-11-13-15-16-18-20-24-30(33-7-3,34-8-4)28(22-19-17-14-12-10-6-2)23-21-25-31-26-29-27-32-29/h28-29H,5-27H2,1-4H3. The van der Waals surface area contributed by atoms with Crippen LogP contribution in [0.2, 0.25) is 0 Å². The Balaban J connectivity index is 2.59. The zero-order chi connectivity index (χ0) is 24.7. The van der Waals surface area contributed by atoms with Crippen LogP contribution in [0.5, 0.6) is 0 Å². The van der Waals surface area contributed by atoms with Gasteiger partial charge < -0.3 is 18.9 Å². The lowest BCUT2D eigenvalue weighted by molar-refractivity contribution is -0.271. The Morgan fingerprint density at radius 3 is 1.71 bits per heavy atom. The van der Waals surface area contributed by atoms with Crippen molar-refractivity contribution in [2.45, 2.75) is 155 Å². The first-order valence-corrected chi connectivity index (χ1v) is 15.2. The summed E-state index contributed by atoms with van der Waals surface area (Å²) in [6.07, 6.45) is 23.5. The van der Waals surface area contributed by atoms with Crippen molar-refractivity contribution in [3.05, 3.63) is 0 Å². The minimum atomic E-state index is -0.422. The van der Waals surface area contributed by atoms with Crippen molar-refractivity contribution in [2.75, 3.05) is 33.0 Å². The van der Waals surface area contributed by atoms with Crippen LogP contribution in [-0.2, 0) is 18.9 Å². The van der Waals surface area contributed by atoms with Gasteiger partial charge in [-0.15, -0.1) is 0 Å². The monoisotopic (exact) mass is 484 g/mol. The van der Waals surface area contributed by atoms with Gasteiger partial charge in [0, 0.05) is 32.2 Å². The number of ether oxygens (including phenoxy) is 4. The van der Waals surface area contributed by atoms with Gasteiger partial charge in [0.1, 0.15) is 6.10 Å². The highest BCUT2D eigenvalue weighted by Crippen LogP contribution is 2.37. The topological polar surface area (TPSA) is 40.2 Å². The lowest BCUT2D eigenvalue weighted by Gasteiger charge is -2.41. The van der Waals surface area contributed by atoms with Crippen molar-refractivity contribution in [1.29, 1.82) is 0 Å². The highest BCUT2D eigenvalue weighted by Gasteiger charge is 2.39. The number of epoxide rings is 1. The molecular weight excluding hydrogens is 424 g/mol. The smallest absolute Gasteiger partial charge is 0.171 e. The molecule has 204 valence electrons. The van der Waals surface area contributed by atoms with E-state index in [1.807, 2.05) is 0 Å². The molecule has 0 saturated carbocycles. The fourth-order valence-corrected chi connectivity index (χ4v) is 5.19. The van der Waals surface area contributed by atoms with E-state index in [9.17, 15) is 0 Å². The third-order valence-electron chi connectivity index (χ3n) is 7.23. The molecular formula is C30H60O4. The molecule has 1 aliphatic rings. The van der Waals surface area contributed by atoms with Crippen LogP contribution in [0.15, 0.2) is 0 Å². The van der Waals surface area contributed by atoms with Gasteiger partial charge in [-0.25, -0.2) is 0 Å². The molecule has 1 saturated heterocycles. The molecule has 4 heteroatoms. The summed E-state index contributed by atoms with van der Waals surface area (Å²) in [5, 5.41) is 0. The second-order valence-electron chi connectivity index (χ2n) is 10.3. The van der Waals surface area contributed by atoms with E-state index in [0.717, 1.165) is 52.3 Å². The SMILES string of the molecule is CCCCCCCCCCC(OCC)(OCC)C(CCCCCCCC)CCCOCC1CO1. The van der Waals surface area contributed by atoms with Crippen molar-refractivity contribution < 1.29 is 18.9 Å². The quantitative estimate of drug-likeness (QED) is 0.0663. The fraction of sp³-hybridized carbons (Fsp3) is 1.00. The van der Waals surface area contributed by atoms with Gasteiger partial charge in [0.2, 0.25) is 0 Å². The highest BCUT2D eigenvalue weighted by molar-refractivity contribution is 4.81. The second-order valence-corrected chi connectivity index (χ2v) is 10.3. The largest absolute Gasteiger partial charge is 0.379 e. The van der Waals surface area contributed by atoms with E-state index in [2.05, 4.69) is 27.7 Å². The molecule has 1 rings (SSSR count). The molecule has 2 atom stereocenters. The summed E-state index contributed by atoms with van der Waals surface area (Å²) in [5.41, 5.74) is 0. The average molecular weight is 485 g/mol. The van der Waals surface area contributed by atoms with Gasteiger partial charge in [-0.05, 0) is 39.5 Å². The Morgan fingerprint density at radius 1 is 0.676 bits per heavy atom. The summed E-state index contributed by atoms with van der Waals surface area (Å²) in [4.78, 5) is 0. The molecule has 1 heterocycles. The first kappa shape index (κ1) is 31.9. The number of hydrogen-bond donors (Lipinski definition) is 0. The van der Waals surface area contributed by atoms with Crippen molar-refractivity contribution in [3.8, 4) is 0 Å². The third kappa shape index (κ3) is 15.8. The first-order valence-electron chi connectivity index (χ1n) is 15.2. The van der Waals surface area contributed by atoms with Gasteiger partial charge in [-0.2, -0.15) is 0 Å². The van der Waals surface area contributed by atoms with Crippen LogP contribution in [-0.4, -0.2) is 44.9 Å². The van der Waals surface area contributed by atoms with E-state index in [4.69, 9.17) is 18.9 Å². The predicted molar refractivity (Wildman–Crippen MR) is 144 cm³/mol. The second kappa shape index (κ2) is 22.1.